The van der Waals surface area contributed by atoms with E-state index in [-0.39, 0.29) is 17.4 Å². The minimum Gasteiger partial charge on any atom is -0.399 e. The molecule has 0 bridgehead atoms. The zero-order chi connectivity index (χ0) is 14.6. The molecule has 0 fully saturated rings. The molecule has 1 rings (SSSR count). The van der Waals surface area contributed by atoms with Crippen molar-refractivity contribution in [3.63, 3.8) is 0 Å². The first-order chi connectivity index (χ1) is 8.71. The Labute approximate surface area is 116 Å². The molecule has 0 saturated carbocycles. The summed E-state index contributed by atoms with van der Waals surface area (Å²) >= 11 is 0. The number of hydrogen-bond acceptors (Lipinski definition) is 2. The summed E-state index contributed by atoms with van der Waals surface area (Å²) < 4.78 is 0. The van der Waals surface area contributed by atoms with Crippen molar-refractivity contribution < 1.29 is 4.79 Å². The van der Waals surface area contributed by atoms with Crippen molar-refractivity contribution in [2.24, 2.45) is 5.41 Å². The third-order valence-electron chi connectivity index (χ3n) is 3.51. The number of rotatable bonds is 3. The molecule has 3 nitrogen and oxygen atoms in total. The van der Waals surface area contributed by atoms with Crippen molar-refractivity contribution in [2.75, 3.05) is 12.8 Å². The fourth-order valence-corrected chi connectivity index (χ4v) is 1.72. The van der Waals surface area contributed by atoms with Gasteiger partial charge in [0.25, 0.3) is 0 Å². The van der Waals surface area contributed by atoms with Crippen LogP contribution in [0.1, 0.15) is 33.3 Å². The molecule has 0 saturated heterocycles. The van der Waals surface area contributed by atoms with Crippen molar-refractivity contribution in [2.45, 2.75) is 33.7 Å². The maximum Gasteiger partial charge on any atom is 0.246 e. The smallest absolute Gasteiger partial charge is 0.246 e. The van der Waals surface area contributed by atoms with Gasteiger partial charge >= 0.3 is 0 Å². The van der Waals surface area contributed by atoms with Gasteiger partial charge in [-0.2, -0.15) is 0 Å². The largest absolute Gasteiger partial charge is 0.399 e. The lowest BCUT2D eigenvalue weighted by molar-refractivity contribution is -0.128. The quantitative estimate of drug-likeness (QED) is 0.670. The Morgan fingerprint density at radius 2 is 2.00 bits per heavy atom. The molecular weight excluding hydrogens is 236 g/mol. The highest BCUT2D eigenvalue weighted by molar-refractivity contribution is 5.91. The van der Waals surface area contributed by atoms with Crippen LogP contribution in [0.15, 0.2) is 30.3 Å². The monoisotopic (exact) mass is 260 g/mol. The average molecular weight is 260 g/mol. The maximum atomic E-state index is 12.1. The van der Waals surface area contributed by atoms with Crippen molar-refractivity contribution in [1.29, 1.82) is 0 Å². The minimum atomic E-state index is 0.00449. The second-order valence-corrected chi connectivity index (χ2v) is 5.99. The Bertz CT molecular complexity index is 472. The minimum absolute atomic E-state index is 0.00449. The molecule has 3 heteroatoms. The number of nitrogen functional groups attached to an aromatic ring is 1. The molecule has 19 heavy (non-hydrogen) atoms. The number of nitrogens with zero attached hydrogens (tertiary/aromatic N) is 1. The number of nitrogens with two attached hydrogens (primary N) is 1. The summed E-state index contributed by atoms with van der Waals surface area (Å²) in [4.78, 5) is 13.9. The van der Waals surface area contributed by atoms with Crippen molar-refractivity contribution >= 4 is 17.7 Å². The van der Waals surface area contributed by atoms with Gasteiger partial charge in [-0.05, 0) is 36.1 Å². The predicted molar refractivity (Wildman–Crippen MR) is 81.6 cm³/mol. The zero-order valence-corrected chi connectivity index (χ0v) is 12.5. The second-order valence-electron chi connectivity index (χ2n) is 5.99. The average Bonchev–Trinajstić information content (AvgIpc) is 2.33. The normalized spacial score (nSPS) is 13.5. The van der Waals surface area contributed by atoms with Gasteiger partial charge in [-0.15, -0.1) is 0 Å². The van der Waals surface area contributed by atoms with Crippen molar-refractivity contribution in [3.8, 4) is 0 Å². The van der Waals surface area contributed by atoms with Crippen LogP contribution >= 0.6 is 0 Å². The van der Waals surface area contributed by atoms with Gasteiger partial charge in [0.1, 0.15) is 0 Å². The number of benzene rings is 1. The van der Waals surface area contributed by atoms with Crippen LogP contribution in [0.3, 0.4) is 0 Å². The number of anilines is 1. The molecule has 0 aromatic heterocycles. The SMILES string of the molecule is CC(N(C)C(=O)/C=C/c1cccc(N)c1)C(C)(C)C. The summed E-state index contributed by atoms with van der Waals surface area (Å²) in [7, 11) is 1.84. The molecule has 1 amide bonds. The van der Waals surface area contributed by atoms with Gasteiger partial charge in [0.05, 0.1) is 0 Å². The van der Waals surface area contributed by atoms with E-state index in [2.05, 4.69) is 27.7 Å². The third kappa shape index (κ3) is 4.43. The van der Waals surface area contributed by atoms with E-state index in [9.17, 15) is 4.79 Å². The van der Waals surface area contributed by atoms with Gasteiger partial charge in [-0.1, -0.05) is 32.9 Å². The zero-order valence-electron chi connectivity index (χ0n) is 12.5. The fraction of sp³-hybridized carbons (Fsp3) is 0.438. The standard InChI is InChI=1S/C16H24N2O/c1-12(16(2,3)4)18(5)15(19)10-9-13-7-6-8-14(17)11-13/h6-12H,17H2,1-5H3/b10-9+. The molecular formula is C16H24N2O. The number of carbonyl (C=O) groups excluding carboxylic acids is 1. The maximum absolute atomic E-state index is 12.1. The van der Waals surface area contributed by atoms with E-state index in [1.807, 2.05) is 31.3 Å². The number of likely N-dealkylation sites (N-methyl/N-ethyl adjacent to an activating group) is 1. The lowest BCUT2D eigenvalue weighted by atomic mass is 9.87. The lowest BCUT2D eigenvalue weighted by Gasteiger charge is -2.34. The van der Waals surface area contributed by atoms with Crippen LogP contribution in [0.5, 0.6) is 0 Å². The second kappa shape index (κ2) is 5.91. The molecule has 0 aliphatic rings. The first-order valence-electron chi connectivity index (χ1n) is 6.52. The summed E-state index contributed by atoms with van der Waals surface area (Å²) in [6.07, 6.45) is 3.39. The number of hydrogen-bond donors (Lipinski definition) is 1. The molecule has 0 aliphatic heterocycles. The number of carbonyl (C=O) groups is 1. The van der Waals surface area contributed by atoms with E-state index in [0.717, 1.165) is 5.56 Å². The van der Waals surface area contributed by atoms with Crippen LogP contribution in [0, 0.1) is 5.41 Å². The molecule has 104 valence electrons. The fourth-order valence-electron chi connectivity index (χ4n) is 1.72. The molecule has 1 aromatic carbocycles. The highest BCUT2D eigenvalue weighted by Gasteiger charge is 2.25. The summed E-state index contributed by atoms with van der Waals surface area (Å²) in [5, 5.41) is 0. The summed E-state index contributed by atoms with van der Waals surface area (Å²) in [6.45, 7) is 8.45. The van der Waals surface area contributed by atoms with E-state index in [1.165, 1.54) is 0 Å². The Morgan fingerprint density at radius 3 is 2.53 bits per heavy atom. The molecule has 1 aromatic rings. The third-order valence-corrected chi connectivity index (χ3v) is 3.51. The molecule has 1 unspecified atom stereocenters. The van der Waals surface area contributed by atoms with Crippen LogP contribution in [0.2, 0.25) is 0 Å². The molecule has 0 spiro atoms. The summed E-state index contributed by atoms with van der Waals surface area (Å²) in [5.41, 5.74) is 7.40. The van der Waals surface area contributed by atoms with Gasteiger partial charge in [0.2, 0.25) is 5.91 Å². The van der Waals surface area contributed by atoms with E-state index in [0.29, 0.717) is 5.69 Å². The Hall–Kier alpha value is -1.77. The number of amides is 1. The Kier molecular flexibility index (Phi) is 4.76. The van der Waals surface area contributed by atoms with Crippen LogP contribution in [-0.2, 0) is 4.79 Å². The highest BCUT2D eigenvalue weighted by Crippen LogP contribution is 2.23. The van der Waals surface area contributed by atoms with Gasteiger partial charge in [-0.25, -0.2) is 0 Å². The molecule has 0 radical (unpaired) electrons. The molecule has 1 atom stereocenters. The van der Waals surface area contributed by atoms with Gasteiger partial charge in [-0.3, -0.25) is 4.79 Å². The van der Waals surface area contributed by atoms with Gasteiger partial charge in [0, 0.05) is 24.9 Å². The molecule has 0 heterocycles. The van der Waals surface area contributed by atoms with E-state index >= 15 is 0 Å². The first kappa shape index (κ1) is 15.3. The van der Waals surface area contributed by atoms with Crippen LogP contribution < -0.4 is 5.73 Å². The van der Waals surface area contributed by atoms with Crippen molar-refractivity contribution in [1.82, 2.24) is 4.90 Å². The van der Waals surface area contributed by atoms with E-state index in [1.54, 1.807) is 17.1 Å². The van der Waals surface area contributed by atoms with Crippen molar-refractivity contribution in [3.05, 3.63) is 35.9 Å². The van der Waals surface area contributed by atoms with Crippen LogP contribution in [0.25, 0.3) is 6.08 Å². The van der Waals surface area contributed by atoms with Crippen LogP contribution in [0.4, 0.5) is 5.69 Å². The highest BCUT2D eigenvalue weighted by atomic mass is 16.2. The Morgan fingerprint density at radius 1 is 1.37 bits per heavy atom. The van der Waals surface area contributed by atoms with Gasteiger partial charge in [0.15, 0.2) is 0 Å². The Balaban J connectivity index is 2.74. The predicted octanol–water partition coefficient (Wildman–Crippen LogP) is 3.18. The lowest BCUT2D eigenvalue weighted by Crippen LogP contribution is -2.42. The topological polar surface area (TPSA) is 46.3 Å². The summed E-state index contributed by atoms with van der Waals surface area (Å²) in [6, 6.07) is 7.64. The molecule has 2 N–H and O–H groups in total. The van der Waals surface area contributed by atoms with E-state index < -0.39 is 0 Å². The van der Waals surface area contributed by atoms with Crippen LogP contribution in [-0.4, -0.2) is 23.9 Å². The molecule has 0 aliphatic carbocycles. The first-order valence-corrected chi connectivity index (χ1v) is 6.52. The summed E-state index contributed by atoms with van der Waals surface area (Å²) in [5.74, 6) is 0.00449. The van der Waals surface area contributed by atoms with E-state index in [4.69, 9.17) is 5.73 Å². The van der Waals surface area contributed by atoms with Gasteiger partial charge < -0.3 is 10.6 Å².